The first kappa shape index (κ1) is 13.5. The predicted molar refractivity (Wildman–Crippen MR) is 67.5 cm³/mol. The molecule has 1 aromatic carbocycles. The van der Waals surface area contributed by atoms with Crippen LogP contribution in [0.25, 0.3) is 0 Å². The summed E-state index contributed by atoms with van der Waals surface area (Å²) >= 11 is 0. The summed E-state index contributed by atoms with van der Waals surface area (Å²) in [6, 6.07) is 4.37. The van der Waals surface area contributed by atoms with Crippen molar-refractivity contribution in [3.05, 3.63) is 41.5 Å². The van der Waals surface area contributed by atoms with Gasteiger partial charge in [-0.3, -0.25) is 0 Å². The molecule has 0 aliphatic rings. The molecular formula is C13H16FN3O2. The zero-order valence-corrected chi connectivity index (χ0v) is 10.7. The molecule has 1 N–H and O–H groups in total. The van der Waals surface area contributed by atoms with Crippen molar-refractivity contribution in [3.8, 4) is 5.75 Å². The Kier molecular flexibility index (Phi) is 4.46. The van der Waals surface area contributed by atoms with E-state index in [1.807, 2.05) is 0 Å². The Hall–Kier alpha value is -1.95. The number of rotatable bonds is 6. The lowest BCUT2D eigenvalue weighted by Crippen LogP contribution is -2.03. The standard InChI is InChI=1S/C13H16FN3O2/c1-19-13-5-4-11(14)7-10(13)8-17-9-12(15-16-17)3-2-6-18/h4-5,7,9,18H,2-3,6,8H2,1H3. The molecule has 0 saturated carbocycles. The van der Waals surface area contributed by atoms with Crippen molar-refractivity contribution < 1.29 is 14.2 Å². The average Bonchev–Trinajstić information content (AvgIpc) is 2.84. The Morgan fingerprint density at radius 2 is 2.26 bits per heavy atom. The largest absolute Gasteiger partial charge is 0.496 e. The number of nitrogens with zero attached hydrogens (tertiary/aromatic N) is 3. The Morgan fingerprint density at radius 1 is 1.42 bits per heavy atom. The van der Waals surface area contributed by atoms with Crippen molar-refractivity contribution in [3.63, 3.8) is 0 Å². The minimum atomic E-state index is -0.309. The molecule has 1 aromatic heterocycles. The summed E-state index contributed by atoms with van der Waals surface area (Å²) in [6.07, 6.45) is 3.12. The smallest absolute Gasteiger partial charge is 0.124 e. The SMILES string of the molecule is COc1ccc(F)cc1Cn1cc(CCCO)nn1. The van der Waals surface area contributed by atoms with E-state index in [9.17, 15) is 4.39 Å². The minimum absolute atomic E-state index is 0.130. The fourth-order valence-corrected chi connectivity index (χ4v) is 1.84. The van der Waals surface area contributed by atoms with Gasteiger partial charge in [0.1, 0.15) is 11.6 Å². The number of hydrogen-bond donors (Lipinski definition) is 1. The van der Waals surface area contributed by atoms with E-state index >= 15 is 0 Å². The van der Waals surface area contributed by atoms with Crippen LogP contribution in [0.1, 0.15) is 17.7 Å². The molecule has 0 bridgehead atoms. The quantitative estimate of drug-likeness (QED) is 0.857. The number of aryl methyl sites for hydroxylation is 1. The molecule has 2 rings (SSSR count). The van der Waals surface area contributed by atoms with Crippen LogP contribution >= 0.6 is 0 Å². The van der Waals surface area contributed by atoms with Gasteiger partial charge in [-0.2, -0.15) is 0 Å². The van der Waals surface area contributed by atoms with Crippen molar-refractivity contribution >= 4 is 0 Å². The topological polar surface area (TPSA) is 60.2 Å². The van der Waals surface area contributed by atoms with E-state index in [1.165, 1.54) is 12.1 Å². The lowest BCUT2D eigenvalue weighted by Gasteiger charge is -2.07. The third-order valence-electron chi connectivity index (χ3n) is 2.75. The van der Waals surface area contributed by atoms with E-state index in [2.05, 4.69) is 10.3 Å². The summed E-state index contributed by atoms with van der Waals surface area (Å²) in [5, 5.41) is 16.7. The molecule has 102 valence electrons. The number of aromatic nitrogens is 3. The van der Waals surface area contributed by atoms with E-state index in [0.717, 1.165) is 5.69 Å². The van der Waals surface area contributed by atoms with Gasteiger partial charge in [-0.15, -0.1) is 5.10 Å². The van der Waals surface area contributed by atoms with E-state index < -0.39 is 0 Å². The summed E-state index contributed by atoms with van der Waals surface area (Å²) in [5.41, 5.74) is 1.52. The molecule has 0 radical (unpaired) electrons. The second kappa shape index (κ2) is 6.29. The zero-order chi connectivity index (χ0) is 13.7. The second-order valence-corrected chi connectivity index (χ2v) is 4.19. The first-order valence-corrected chi connectivity index (χ1v) is 6.05. The number of hydrogen-bond acceptors (Lipinski definition) is 4. The highest BCUT2D eigenvalue weighted by Gasteiger charge is 2.07. The average molecular weight is 265 g/mol. The molecule has 1 heterocycles. The van der Waals surface area contributed by atoms with Crippen LogP contribution in [-0.2, 0) is 13.0 Å². The van der Waals surface area contributed by atoms with Gasteiger partial charge in [0.15, 0.2) is 0 Å². The Balaban J connectivity index is 2.12. The van der Waals surface area contributed by atoms with Crippen molar-refractivity contribution in [2.24, 2.45) is 0 Å². The maximum Gasteiger partial charge on any atom is 0.124 e. The molecule has 6 heteroatoms. The van der Waals surface area contributed by atoms with Gasteiger partial charge >= 0.3 is 0 Å². The maximum absolute atomic E-state index is 13.2. The van der Waals surface area contributed by atoms with Gasteiger partial charge < -0.3 is 9.84 Å². The maximum atomic E-state index is 13.2. The number of methoxy groups -OCH3 is 1. The van der Waals surface area contributed by atoms with Crippen molar-refractivity contribution in [2.75, 3.05) is 13.7 Å². The predicted octanol–water partition coefficient (Wildman–Crippen LogP) is 1.40. The van der Waals surface area contributed by atoms with Crippen LogP contribution in [0, 0.1) is 5.82 Å². The van der Waals surface area contributed by atoms with E-state index in [4.69, 9.17) is 9.84 Å². The highest BCUT2D eigenvalue weighted by molar-refractivity contribution is 5.34. The minimum Gasteiger partial charge on any atom is -0.496 e. The fourth-order valence-electron chi connectivity index (χ4n) is 1.84. The number of aliphatic hydroxyl groups excluding tert-OH is 1. The summed E-state index contributed by atoms with van der Waals surface area (Å²) in [6.45, 7) is 0.525. The number of aliphatic hydroxyl groups is 1. The van der Waals surface area contributed by atoms with Crippen molar-refractivity contribution in [2.45, 2.75) is 19.4 Å². The molecule has 19 heavy (non-hydrogen) atoms. The van der Waals surface area contributed by atoms with Crippen molar-refractivity contribution in [1.82, 2.24) is 15.0 Å². The first-order valence-electron chi connectivity index (χ1n) is 6.05. The van der Waals surface area contributed by atoms with Crippen LogP contribution in [0.4, 0.5) is 4.39 Å². The third-order valence-corrected chi connectivity index (χ3v) is 2.75. The molecule has 0 spiro atoms. The lowest BCUT2D eigenvalue weighted by molar-refractivity contribution is 0.288. The van der Waals surface area contributed by atoms with Gasteiger partial charge in [0.2, 0.25) is 0 Å². The zero-order valence-electron chi connectivity index (χ0n) is 10.7. The van der Waals surface area contributed by atoms with Crippen LogP contribution < -0.4 is 4.74 Å². The summed E-state index contributed by atoms with van der Waals surface area (Å²) < 4.78 is 20.0. The lowest BCUT2D eigenvalue weighted by atomic mass is 10.2. The van der Waals surface area contributed by atoms with Gasteiger partial charge in [-0.1, -0.05) is 5.21 Å². The van der Waals surface area contributed by atoms with Gasteiger partial charge in [0, 0.05) is 18.4 Å². The summed E-state index contributed by atoms with van der Waals surface area (Å²) in [7, 11) is 1.55. The highest BCUT2D eigenvalue weighted by atomic mass is 19.1. The Labute approximate surface area is 110 Å². The van der Waals surface area contributed by atoms with Crippen molar-refractivity contribution in [1.29, 1.82) is 0 Å². The van der Waals surface area contributed by atoms with E-state index in [0.29, 0.717) is 30.7 Å². The van der Waals surface area contributed by atoms with Gasteiger partial charge in [0.05, 0.1) is 19.3 Å². The number of ether oxygens (including phenoxy) is 1. The van der Waals surface area contributed by atoms with Crippen LogP contribution in [0.2, 0.25) is 0 Å². The van der Waals surface area contributed by atoms with Crippen LogP contribution in [0.5, 0.6) is 5.75 Å². The fraction of sp³-hybridized carbons (Fsp3) is 0.385. The third kappa shape index (κ3) is 3.51. The van der Waals surface area contributed by atoms with Gasteiger partial charge in [0.25, 0.3) is 0 Å². The van der Waals surface area contributed by atoms with E-state index in [1.54, 1.807) is 24.1 Å². The molecule has 0 saturated heterocycles. The summed E-state index contributed by atoms with van der Waals surface area (Å²) in [5.74, 6) is 0.310. The monoisotopic (exact) mass is 265 g/mol. The molecule has 0 aliphatic carbocycles. The number of halogens is 1. The second-order valence-electron chi connectivity index (χ2n) is 4.19. The molecule has 0 fully saturated rings. The van der Waals surface area contributed by atoms with Crippen LogP contribution in [0.3, 0.4) is 0 Å². The molecule has 5 nitrogen and oxygen atoms in total. The van der Waals surface area contributed by atoms with Gasteiger partial charge in [-0.25, -0.2) is 9.07 Å². The first-order chi connectivity index (χ1) is 9.22. The molecule has 0 atom stereocenters. The normalized spacial score (nSPS) is 10.7. The Bertz CT molecular complexity index is 542. The van der Waals surface area contributed by atoms with E-state index in [-0.39, 0.29) is 12.4 Å². The summed E-state index contributed by atoms with van der Waals surface area (Å²) in [4.78, 5) is 0. The molecule has 0 unspecified atom stereocenters. The molecule has 0 aliphatic heterocycles. The molecule has 0 amide bonds. The Morgan fingerprint density at radius 3 is 3.00 bits per heavy atom. The number of benzene rings is 1. The molecule has 2 aromatic rings. The van der Waals surface area contributed by atoms with Crippen LogP contribution in [-0.4, -0.2) is 33.8 Å². The van der Waals surface area contributed by atoms with Gasteiger partial charge in [-0.05, 0) is 31.0 Å². The van der Waals surface area contributed by atoms with Crippen LogP contribution in [0.15, 0.2) is 24.4 Å². The highest BCUT2D eigenvalue weighted by Crippen LogP contribution is 2.20. The molecular weight excluding hydrogens is 249 g/mol.